The van der Waals surface area contributed by atoms with Crippen molar-refractivity contribution >= 4 is 0 Å². The van der Waals surface area contributed by atoms with E-state index in [0.29, 0.717) is 13.2 Å². The smallest absolute Gasteiger partial charge is 0.280 e. The molecule has 0 unspecified atom stereocenters. The van der Waals surface area contributed by atoms with Crippen molar-refractivity contribution in [1.29, 1.82) is 0 Å². The summed E-state index contributed by atoms with van der Waals surface area (Å²) >= 11 is 0. The second kappa shape index (κ2) is 3.37. The van der Waals surface area contributed by atoms with E-state index in [4.69, 9.17) is 9.47 Å². The minimum atomic E-state index is -0.551. The van der Waals surface area contributed by atoms with Gasteiger partial charge in [-0.25, -0.2) is 0 Å². The van der Waals surface area contributed by atoms with Gasteiger partial charge in [-0.1, -0.05) is 5.11 Å². The van der Waals surface area contributed by atoms with Crippen molar-refractivity contribution in [2.24, 2.45) is 10.4 Å². The van der Waals surface area contributed by atoms with E-state index >= 15 is 0 Å². The van der Waals surface area contributed by atoms with E-state index in [1.165, 1.54) is 7.11 Å². The molecule has 0 aromatic carbocycles. The number of hydrogen-bond donors (Lipinski definition) is 0. The third-order valence-corrected chi connectivity index (χ3v) is 0.827. The van der Waals surface area contributed by atoms with Crippen LogP contribution in [-0.4, -0.2) is 26.7 Å². The lowest BCUT2D eigenvalue weighted by atomic mass is 10.8. The summed E-state index contributed by atoms with van der Waals surface area (Å²) in [5.74, 6) is 0. The molecule has 1 heterocycles. The van der Waals surface area contributed by atoms with Crippen molar-refractivity contribution in [1.82, 2.24) is 0 Å². The van der Waals surface area contributed by atoms with E-state index in [9.17, 15) is 0 Å². The zero-order valence-electron chi connectivity index (χ0n) is 5.11. The lowest BCUT2D eigenvalue weighted by Gasteiger charge is -1.96. The molecule has 9 heavy (non-hydrogen) atoms. The molecule has 0 radical (unpaired) electrons. The first-order valence-electron chi connectivity index (χ1n) is 2.60. The third-order valence-electron chi connectivity index (χ3n) is 0.827. The van der Waals surface area contributed by atoms with Gasteiger partial charge in [0.1, 0.15) is 7.11 Å². The molecule has 0 aliphatic carbocycles. The maximum Gasteiger partial charge on any atom is 0.280 e. The van der Waals surface area contributed by atoms with Gasteiger partial charge in [-0.05, 0) is 0 Å². The zero-order valence-corrected chi connectivity index (χ0v) is 5.11. The van der Waals surface area contributed by atoms with Crippen LogP contribution in [0.3, 0.4) is 0 Å². The van der Waals surface area contributed by atoms with Gasteiger partial charge < -0.3 is 14.3 Å². The molecular weight excluding hydrogens is 124 g/mol. The molecule has 52 valence electrons. The van der Waals surface area contributed by atoms with Crippen molar-refractivity contribution in [2.75, 3.05) is 20.3 Å². The van der Waals surface area contributed by atoms with Gasteiger partial charge in [0.15, 0.2) is 0 Å². The van der Waals surface area contributed by atoms with Gasteiger partial charge in [-0.2, -0.15) is 0 Å². The van der Waals surface area contributed by atoms with E-state index in [0.717, 1.165) is 0 Å². The summed E-state index contributed by atoms with van der Waals surface area (Å²) in [5, 5.41) is 6.73. The second-order valence-corrected chi connectivity index (χ2v) is 1.43. The van der Waals surface area contributed by atoms with E-state index < -0.39 is 6.41 Å². The van der Waals surface area contributed by atoms with Crippen LogP contribution in [0.5, 0.6) is 0 Å². The van der Waals surface area contributed by atoms with Gasteiger partial charge in [0.05, 0.1) is 13.2 Å². The summed E-state index contributed by atoms with van der Waals surface area (Å²) in [5.41, 5.74) is 0. The lowest BCUT2D eigenvalue weighted by Crippen LogP contribution is -2.01. The van der Waals surface area contributed by atoms with Crippen LogP contribution < -0.4 is 0 Å². The van der Waals surface area contributed by atoms with Crippen molar-refractivity contribution in [2.45, 2.75) is 6.41 Å². The monoisotopic (exact) mass is 132 g/mol. The number of nitrogens with zero attached hydrogens (tertiary/aromatic N) is 2. The zero-order chi connectivity index (χ0) is 6.53. The molecule has 1 rings (SSSR count). The average Bonchev–Trinajstić information content (AvgIpc) is 2.34. The fraction of sp³-hybridized carbons (Fsp3) is 1.00. The first-order valence-corrected chi connectivity index (χ1v) is 2.60. The summed E-state index contributed by atoms with van der Waals surface area (Å²) < 4.78 is 9.78. The summed E-state index contributed by atoms with van der Waals surface area (Å²) in [4.78, 5) is 4.30. The summed E-state index contributed by atoms with van der Waals surface area (Å²) in [6.07, 6.45) is -0.551. The van der Waals surface area contributed by atoms with Gasteiger partial charge in [-0.15, -0.1) is 0 Å². The van der Waals surface area contributed by atoms with Crippen molar-refractivity contribution in [3.05, 3.63) is 0 Å². The van der Waals surface area contributed by atoms with E-state index in [2.05, 4.69) is 15.2 Å². The maximum absolute atomic E-state index is 4.89. The first kappa shape index (κ1) is 6.44. The van der Waals surface area contributed by atoms with E-state index in [-0.39, 0.29) is 0 Å². The Morgan fingerprint density at radius 2 is 2.11 bits per heavy atom. The highest BCUT2D eigenvalue weighted by Gasteiger charge is 2.13. The summed E-state index contributed by atoms with van der Waals surface area (Å²) in [7, 11) is 1.42. The van der Waals surface area contributed by atoms with Crippen LogP contribution in [0, 0.1) is 0 Å². The molecular formula is C4H8N2O3. The molecule has 1 saturated heterocycles. The van der Waals surface area contributed by atoms with Crippen LogP contribution in [0.1, 0.15) is 0 Å². The minimum Gasteiger partial charge on any atom is -0.383 e. The number of ether oxygens (including phenoxy) is 2. The minimum absolute atomic E-state index is 0.551. The van der Waals surface area contributed by atoms with Gasteiger partial charge in [0, 0.05) is 5.28 Å². The standard InChI is InChI=1S/C4H8N2O3/c1-7-6-5-4-8-2-3-9-4/h4H,2-3H2,1H3. The topological polar surface area (TPSA) is 52.4 Å². The molecule has 1 aliphatic rings. The molecule has 5 nitrogen and oxygen atoms in total. The summed E-state index contributed by atoms with van der Waals surface area (Å²) in [6, 6.07) is 0. The van der Waals surface area contributed by atoms with Crippen molar-refractivity contribution in [3.63, 3.8) is 0 Å². The molecule has 0 N–H and O–H groups in total. The predicted octanol–water partition coefficient (Wildman–Crippen LogP) is 0.330. The number of rotatable bonds is 2. The van der Waals surface area contributed by atoms with Crippen LogP contribution in [-0.2, 0) is 14.3 Å². The molecule has 0 aromatic rings. The largest absolute Gasteiger partial charge is 0.383 e. The Balaban J connectivity index is 2.18. The SMILES string of the molecule is CON=NC1OCCO1. The van der Waals surface area contributed by atoms with E-state index in [1.54, 1.807) is 0 Å². The van der Waals surface area contributed by atoms with E-state index in [1.807, 2.05) is 0 Å². The molecule has 1 fully saturated rings. The Morgan fingerprint density at radius 3 is 2.67 bits per heavy atom. The fourth-order valence-corrected chi connectivity index (χ4v) is 0.498. The fourth-order valence-electron chi connectivity index (χ4n) is 0.498. The van der Waals surface area contributed by atoms with Gasteiger partial charge >= 0.3 is 0 Å². The highest BCUT2D eigenvalue weighted by Crippen LogP contribution is 2.04. The quantitative estimate of drug-likeness (QED) is 0.402. The van der Waals surface area contributed by atoms with Crippen molar-refractivity contribution < 1.29 is 14.3 Å². The molecule has 0 bridgehead atoms. The summed E-state index contributed by atoms with van der Waals surface area (Å²) in [6.45, 7) is 1.15. The highest BCUT2D eigenvalue weighted by atomic mass is 16.7. The molecule has 0 atom stereocenters. The molecule has 0 spiro atoms. The first-order chi connectivity index (χ1) is 4.43. The Kier molecular flexibility index (Phi) is 2.41. The highest BCUT2D eigenvalue weighted by molar-refractivity contribution is 4.42. The molecule has 0 amide bonds. The Morgan fingerprint density at radius 1 is 1.44 bits per heavy atom. The van der Waals surface area contributed by atoms with Gasteiger partial charge in [-0.3, -0.25) is 0 Å². The van der Waals surface area contributed by atoms with Crippen LogP contribution >= 0.6 is 0 Å². The van der Waals surface area contributed by atoms with Crippen molar-refractivity contribution in [3.8, 4) is 0 Å². The van der Waals surface area contributed by atoms with Gasteiger partial charge in [0.2, 0.25) is 0 Å². The second-order valence-electron chi connectivity index (χ2n) is 1.43. The Labute approximate surface area is 52.6 Å². The molecule has 5 heteroatoms. The maximum atomic E-state index is 4.89. The lowest BCUT2D eigenvalue weighted by molar-refractivity contribution is -0.0486. The Hall–Kier alpha value is -0.680. The molecule has 0 saturated carbocycles. The number of hydrogen-bond acceptors (Lipinski definition) is 5. The van der Waals surface area contributed by atoms with Gasteiger partial charge in [0.25, 0.3) is 6.41 Å². The predicted molar refractivity (Wildman–Crippen MR) is 27.6 cm³/mol. The van der Waals surface area contributed by atoms with Crippen LogP contribution in [0.25, 0.3) is 0 Å². The normalized spacial score (nSPS) is 21.4. The third kappa shape index (κ3) is 1.95. The molecule has 1 aliphatic heterocycles. The van der Waals surface area contributed by atoms with Crippen LogP contribution in [0.4, 0.5) is 0 Å². The Bertz CT molecular complexity index is 100.0. The van der Waals surface area contributed by atoms with Crippen LogP contribution in [0.2, 0.25) is 0 Å². The molecule has 0 aromatic heterocycles. The average molecular weight is 132 g/mol. The van der Waals surface area contributed by atoms with Crippen LogP contribution in [0.15, 0.2) is 10.4 Å².